The van der Waals surface area contributed by atoms with Gasteiger partial charge in [-0.15, -0.1) is 0 Å². The van der Waals surface area contributed by atoms with Gasteiger partial charge >= 0.3 is 5.97 Å². The van der Waals surface area contributed by atoms with Crippen LogP contribution in [-0.2, 0) is 11.2 Å². The predicted octanol–water partition coefficient (Wildman–Crippen LogP) is 2.22. The van der Waals surface area contributed by atoms with E-state index >= 15 is 0 Å². The molecule has 0 radical (unpaired) electrons. The summed E-state index contributed by atoms with van der Waals surface area (Å²) >= 11 is 0. The molecule has 3 heteroatoms. The summed E-state index contributed by atoms with van der Waals surface area (Å²) in [4.78, 5) is 11.5. The van der Waals surface area contributed by atoms with E-state index in [0.717, 1.165) is 11.1 Å². The van der Waals surface area contributed by atoms with Gasteiger partial charge in [-0.25, -0.2) is 0 Å². The fourth-order valence-corrected chi connectivity index (χ4v) is 2.11. The van der Waals surface area contributed by atoms with Gasteiger partial charge < -0.3 is 10.8 Å². The Labute approximate surface area is 103 Å². The molecule has 0 fully saturated rings. The third-order valence-electron chi connectivity index (χ3n) is 3.50. The van der Waals surface area contributed by atoms with E-state index in [2.05, 4.69) is 0 Å². The van der Waals surface area contributed by atoms with Crippen molar-refractivity contribution in [3.05, 3.63) is 35.4 Å². The summed E-state index contributed by atoms with van der Waals surface area (Å²) in [6.07, 6.45) is 0.484. The zero-order valence-corrected chi connectivity index (χ0v) is 10.7. The molecule has 0 heterocycles. The van der Waals surface area contributed by atoms with Crippen molar-refractivity contribution in [1.29, 1.82) is 0 Å². The van der Waals surface area contributed by atoms with Crippen molar-refractivity contribution in [3.63, 3.8) is 0 Å². The lowest BCUT2D eigenvalue weighted by Gasteiger charge is -2.32. The van der Waals surface area contributed by atoms with Crippen LogP contribution in [0.5, 0.6) is 0 Å². The third-order valence-corrected chi connectivity index (χ3v) is 3.50. The number of rotatable bonds is 5. The first-order valence-electron chi connectivity index (χ1n) is 5.91. The van der Waals surface area contributed by atoms with E-state index in [1.807, 2.05) is 45.0 Å². The topological polar surface area (TPSA) is 63.3 Å². The summed E-state index contributed by atoms with van der Waals surface area (Å²) < 4.78 is 0. The van der Waals surface area contributed by atoms with E-state index in [1.165, 1.54) is 0 Å². The molecule has 0 spiro atoms. The molecule has 1 unspecified atom stereocenters. The summed E-state index contributed by atoms with van der Waals surface area (Å²) in [5.74, 6) is -0.804. The van der Waals surface area contributed by atoms with Gasteiger partial charge in [0.2, 0.25) is 0 Å². The second-order valence-corrected chi connectivity index (χ2v) is 4.99. The molecular formula is C14H21NO2. The molecule has 1 aromatic rings. The highest BCUT2D eigenvalue weighted by Gasteiger charge is 2.40. The van der Waals surface area contributed by atoms with Crippen molar-refractivity contribution in [1.82, 2.24) is 0 Å². The maximum Gasteiger partial charge on any atom is 0.311 e. The van der Waals surface area contributed by atoms with Gasteiger partial charge in [0.05, 0.1) is 5.41 Å². The molecule has 3 N–H and O–H groups in total. The molecule has 1 rings (SSSR count). The van der Waals surface area contributed by atoms with Gasteiger partial charge in [-0.05, 0) is 24.8 Å². The molecule has 0 aliphatic rings. The largest absolute Gasteiger partial charge is 0.481 e. The number of nitrogens with two attached hydrogens (primary N) is 1. The molecule has 3 nitrogen and oxygen atoms in total. The Morgan fingerprint density at radius 1 is 1.47 bits per heavy atom. The van der Waals surface area contributed by atoms with E-state index in [1.54, 1.807) is 0 Å². The van der Waals surface area contributed by atoms with Gasteiger partial charge in [0.15, 0.2) is 0 Å². The van der Waals surface area contributed by atoms with E-state index in [-0.39, 0.29) is 12.5 Å². The lowest BCUT2D eigenvalue weighted by Crippen LogP contribution is -2.45. The second-order valence-electron chi connectivity index (χ2n) is 4.99. The van der Waals surface area contributed by atoms with Crippen LogP contribution in [0.25, 0.3) is 0 Å². The standard InChI is InChI=1S/C14H21NO2/c1-10(2)14(9-15,13(16)17)8-12-6-4-5-11(3)7-12/h4-7,10H,8-9,15H2,1-3H3,(H,16,17). The molecule has 0 aliphatic carbocycles. The molecule has 0 saturated heterocycles. The lowest BCUT2D eigenvalue weighted by atomic mass is 9.72. The van der Waals surface area contributed by atoms with Crippen LogP contribution < -0.4 is 5.73 Å². The Morgan fingerprint density at radius 3 is 2.53 bits per heavy atom. The lowest BCUT2D eigenvalue weighted by molar-refractivity contribution is -0.151. The van der Waals surface area contributed by atoms with Gasteiger partial charge in [0.1, 0.15) is 0 Å². The van der Waals surface area contributed by atoms with Crippen molar-refractivity contribution in [2.45, 2.75) is 27.2 Å². The molecular weight excluding hydrogens is 214 g/mol. The Morgan fingerprint density at radius 2 is 2.12 bits per heavy atom. The van der Waals surface area contributed by atoms with Crippen molar-refractivity contribution in [3.8, 4) is 0 Å². The molecule has 0 saturated carbocycles. The molecule has 0 aliphatic heterocycles. The molecule has 0 amide bonds. The summed E-state index contributed by atoms with van der Waals surface area (Å²) in [5, 5.41) is 9.44. The number of carboxylic acid groups (broad SMARTS) is 1. The minimum atomic E-state index is -0.867. The van der Waals surface area contributed by atoms with Crippen LogP contribution >= 0.6 is 0 Å². The van der Waals surface area contributed by atoms with Crippen LogP contribution in [0.3, 0.4) is 0 Å². The van der Waals surface area contributed by atoms with E-state index < -0.39 is 11.4 Å². The first-order chi connectivity index (χ1) is 7.92. The monoisotopic (exact) mass is 235 g/mol. The van der Waals surface area contributed by atoms with Gasteiger partial charge in [-0.1, -0.05) is 43.7 Å². The average Bonchev–Trinajstić information content (AvgIpc) is 2.25. The maximum atomic E-state index is 11.5. The number of hydrogen-bond acceptors (Lipinski definition) is 2. The molecule has 17 heavy (non-hydrogen) atoms. The van der Waals surface area contributed by atoms with E-state index in [0.29, 0.717) is 6.42 Å². The predicted molar refractivity (Wildman–Crippen MR) is 68.8 cm³/mol. The van der Waals surface area contributed by atoms with Crippen LogP contribution in [0.4, 0.5) is 0 Å². The number of aryl methyl sites for hydroxylation is 1. The molecule has 1 atom stereocenters. The highest BCUT2D eigenvalue weighted by Crippen LogP contribution is 2.31. The normalized spacial score (nSPS) is 14.6. The molecule has 1 aromatic carbocycles. The van der Waals surface area contributed by atoms with Crippen LogP contribution in [0, 0.1) is 18.3 Å². The fourth-order valence-electron chi connectivity index (χ4n) is 2.11. The summed E-state index contributed by atoms with van der Waals surface area (Å²) in [6, 6.07) is 7.94. The Bertz CT molecular complexity index is 401. The molecule has 94 valence electrons. The van der Waals surface area contributed by atoms with Gasteiger partial charge in [-0.2, -0.15) is 0 Å². The summed E-state index contributed by atoms with van der Waals surface area (Å²) in [6.45, 7) is 5.99. The highest BCUT2D eigenvalue weighted by molar-refractivity contribution is 5.75. The minimum Gasteiger partial charge on any atom is -0.481 e. The zero-order chi connectivity index (χ0) is 13.1. The average molecular weight is 235 g/mol. The quantitative estimate of drug-likeness (QED) is 0.822. The highest BCUT2D eigenvalue weighted by atomic mass is 16.4. The number of aliphatic carboxylic acids is 1. The Kier molecular flexibility index (Phi) is 4.29. The SMILES string of the molecule is Cc1cccc(CC(CN)(C(=O)O)C(C)C)c1. The minimum absolute atomic E-state index is 0.00510. The van der Waals surface area contributed by atoms with Crippen molar-refractivity contribution >= 4 is 5.97 Å². The van der Waals surface area contributed by atoms with Gasteiger partial charge in [0.25, 0.3) is 0 Å². The van der Waals surface area contributed by atoms with Crippen LogP contribution in [-0.4, -0.2) is 17.6 Å². The van der Waals surface area contributed by atoms with Crippen LogP contribution in [0.1, 0.15) is 25.0 Å². The maximum absolute atomic E-state index is 11.5. The fraction of sp³-hybridized carbons (Fsp3) is 0.500. The summed E-state index contributed by atoms with van der Waals surface area (Å²) in [7, 11) is 0. The first kappa shape index (κ1) is 13.7. The van der Waals surface area contributed by atoms with Crippen molar-refractivity contribution in [2.75, 3.05) is 6.54 Å². The Balaban J connectivity index is 3.06. The second kappa shape index (κ2) is 5.32. The Hall–Kier alpha value is -1.35. The van der Waals surface area contributed by atoms with Crippen LogP contribution in [0.2, 0.25) is 0 Å². The van der Waals surface area contributed by atoms with E-state index in [4.69, 9.17) is 5.73 Å². The molecule has 0 aromatic heterocycles. The number of carboxylic acids is 1. The number of carbonyl (C=O) groups is 1. The van der Waals surface area contributed by atoms with Crippen molar-refractivity contribution < 1.29 is 9.90 Å². The van der Waals surface area contributed by atoms with Gasteiger partial charge in [-0.3, -0.25) is 4.79 Å². The van der Waals surface area contributed by atoms with E-state index in [9.17, 15) is 9.90 Å². The smallest absolute Gasteiger partial charge is 0.311 e. The zero-order valence-electron chi connectivity index (χ0n) is 10.7. The number of benzene rings is 1. The summed E-state index contributed by atoms with van der Waals surface area (Å²) in [5.41, 5.74) is 7.02. The van der Waals surface area contributed by atoms with Crippen LogP contribution in [0.15, 0.2) is 24.3 Å². The number of hydrogen-bond donors (Lipinski definition) is 2. The van der Waals surface area contributed by atoms with Gasteiger partial charge in [0, 0.05) is 6.54 Å². The first-order valence-corrected chi connectivity index (χ1v) is 5.91. The van der Waals surface area contributed by atoms with Crippen molar-refractivity contribution in [2.24, 2.45) is 17.1 Å². The molecule has 0 bridgehead atoms. The third kappa shape index (κ3) is 2.86.